The Kier molecular flexibility index (Phi) is 5.33. The van der Waals surface area contributed by atoms with Crippen LogP contribution in [0.2, 0.25) is 0 Å². The molecule has 0 saturated heterocycles. The number of carbonyl (C=O) groups excluding carboxylic acids is 1. The third kappa shape index (κ3) is 3.03. The molecule has 3 N–H and O–H groups in total. The zero-order valence-corrected chi connectivity index (χ0v) is 7.99. The van der Waals surface area contributed by atoms with E-state index in [-0.39, 0.29) is 6.42 Å². The van der Waals surface area contributed by atoms with Gasteiger partial charge in [-0.2, -0.15) is 0 Å². The summed E-state index contributed by atoms with van der Waals surface area (Å²) in [5.41, 5.74) is 0. The summed E-state index contributed by atoms with van der Waals surface area (Å²) in [6.45, 7) is 1.60. The van der Waals surface area contributed by atoms with Gasteiger partial charge in [0.25, 0.3) is 0 Å². The van der Waals surface area contributed by atoms with E-state index >= 15 is 0 Å². The molecular weight excluding hydrogens is 183 g/mol. The van der Waals surface area contributed by atoms with Crippen molar-refractivity contribution in [2.45, 2.75) is 13.3 Å². The van der Waals surface area contributed by atoms with E-state index in [1.165, 1.54) is 0 Å². The Morgan fingerprint density at radius 3 is 1.92 bits per heavy atom. The van der Waals surface area contributed by atoms with Gasteiger partial charge in [-0.05, 0) is 0 Å². The molecule has 0 bridgehead atoms. The summed E-state index contributed by atoms with van der Waals surface area (Å²) in [6.07, 6.45) is -1.18. The van der Waals surface area contributed by atoms with Gasteiger partial charge in [-0.3, -0.25) is 0 Å². The van der Waals surface area contributed by atoms with E-state index in [2.05, 4.69) is 0 Å². The second-order valence-corrected chi connectivity index (χ2v) is 6.00. The Hall–Kier alpha value is -0.220. The molecule has 0 aliphatic heterocycles. The van der Waals surface area contributed by atoms with Gasteiger partial charge in [0, 0.05) is 0 Å². The summed E-state index contributed by atoms with van der Waals surface area (Å²) < 4.78 is 4.78. The summed E-state index contributed by atoms with van der Waals surface area (Å²) in [5.74, 6) is -0.501. The zero-order valence-electron chi connectivity index (χ0n) is 6.99. The van der Waals surface area contributed by atoms with Crippen molar-refractivity contribution in [1.29, 1.82) is 0 Å². The van der Waals surface area contributed by atoms with Crippen molar-refractivity contribution in [2.75, 3.05) is 19.0 Å². The number of carbonyl (C=O) groups is 1. The molecule has 6 heteroatoms. The molecule has 0 unspecified atom stereocenters. The van der Waals surface area contributed by atoms with Crippen molar-refractivity contribution in [3.63, 3.8) is 0 Å². The fraction of sp³-hybridized carbons (Fsp3) is 0.833. The number of aliphatic hydroxyl groups is 3. The van der Waals surface area contributed by atoms with Crippen molar-refractivity contribution in [3.8, 4) is 0 Å². The maximum atomic E-state index is 10.8. The molecule has 0 heterocycles. The van der Waals surface area contributed by atoms with Crippen LogP contribution in [-0.4, -0.2) is 40.3 Å². The van der Waals surface area contributed by atoms with Crippen molar-refractivity contribution in [2.24, 2.45) is 0 Å². The molecular formula is C6H15O5P. The fourth-order valence-electron chi connectivity index (χ4n) is 0.560. The summed E-state index contributed by atoms with van der Waals surface area (Å²) in [4.78, 5) is 10.8. The van der Waals surface area contributed by atoms with Crippen LogP contribution in [0.4, 0.5) is 0 Å². The van der Waals surface area contributed by atoms with Crippen LogP contribution >= 0.6 is 7.49 Å². The van der Waals surface area contributed by atoms with Crippen molar-refractivity contribution >= 4 is 13.5 Å². The predicted molar refractivity (Wildman–Crippen MR) is 46.0 cm³/mol. The molecule has 0 radical (unpaired) electrons. The van der Waals surface area contributed by atoms with Gasteiger partial charge in [0.1, 0.15) is 0 Å². The quantitative estimate of drug-likeness (QED) is 0.516. The SMILES string of the molecule is CCC(=O)O[PH](CO)(CO)CO. The maximum absolute atomic E-state index is 10.8. The first-order valence-corrected chi connectivity index (χ1v) is 6.21. The standard InChI is InChI=1S/C6H15O5P/c1-2-6(10)11-12(3-7,4-8)5-9/h7-9,12H,2-5H2,1H3. The van der Waals surface area contributed by atoms with E-state index in [9.17, 15) is 4.79 Å². The van der Waals surface area contributed by atoms with E-state index in [0.717, 1.165) is 0 Å². The summed E-state index contributed by atoms with van der Waals surface area (Å²) in [5, 5.41) is 26.4. The van der Waals surface area contributed by atoms with Gasteiger partial charge >= 0.3 is 70.5 Å². The number of hydrogen-bond acceptors (Lipinski definition) is 5. The minimum atomic E-state index is -2.98. The molecule has 5 nitrogen and oxygen atoms in total. The second-order valence-electron chi connectivity index (χ2n) is 2.48. The molecule has 0 aromatic carbocycles. The molecule has 12 heavy (non-hydrogen) atoms. The molecule has 0 amide bonds. The second kappa shape index (κ2) is 5.43. The van der Waals surface area contributed by atoms with Crippen molar-refractivity contribution in [1.82, 2.24) is 0 Å². The Bertz CT molecular complexity index is 137. The van der Waals surface area contributed by atoms with Crippen LogP contribution in [0, 0.1) is 0 Å². The van der Waals surface area contributed by atoms with Crippen molar-refractivity contribution in [3.05, 3.63) is 0 Å². The molecule has 0 aromatic rings. The average Bonchev–Trinajstić information content (AvgIpc) is 2.14. The van der Waals surface area contributed by atoms with Gasteiger partial charge in [-0.1, -0.05) is 0 Å². The normalized spacial score (nSPS) is 12.7. The molecule has 0 aromatic heterocycles. The summed E-state index contributed by atoms with van der Waals surface area (Å²) in [7, 11) is -2.98. The first kappa shape index (κ1) is 11.8. The van der Waals surface area contributed by atoms with E-state index in [1.54, 1.807) is 6.92 Å². The van der Waals surface area contributed by atoms with E-state index in [0.29, 0.717) is 0 Å². The minimum absolute atomic E-state index is 0.175. The van der Waals surface area contributed by atoms with Crippen molar-refractivity contribution < 1.29 is 24.6 Å². The fourth-order valence-corrected chi connectivity index (χ4v) is 1.68. The molecule has 0 aliphatic rings. The Morgan fingerprint density at radius 1 is 1.25 bits per heavy atom. The Balaban J connectivity index is 4.19. The molecule has 0 aliphatic carbocycles. The number of hydrogen-bond donors (Lipinski definition) is 3. The Morgan fingerprint density at radius 2 is 1.67 bits per heavy atom. The van der Waals surface area contributed by atoms with E-state index < -0.39 is 32.5 Å². The van der Waals surface area contributed by atoms with Gasteiger partial charge in [-0.15, -0.1) is 0 Å². The molecule has 0 atom stereocenters. The molecule has 0 spiro atoms. The van der Waals surface area contributed by atoms with Gasteiger partial charge in [-0.25, -0.2) is 0 Å². The summed E-state index contributed by atoms with van der Waals surface area (Å²) in [6, 6.07) is 0. The van der Waals surface area contributed by atoms with E-state index in [1.807, 2.05) is 0 Å². The van der Waals surface area contributed by atoms with Crippen LogP contribution in [0.25, 0.3) is 0 Å². The molecule has 74 valence electrons. The molecule has 0 saturated carbocycles. The third-order valence-corrected chi connectivity index (χ3v) is 3.87. The first-order valence-electron chi connectivity index (χ1n) is 3.68. The first-order chi connectivity index (χ1) is 5.64. The molecule has 0 rings (SSSR count). The summed E-state index contributed by atoms with van der Waals surface area (Å²) >= 11 is 0. The van der Waals surface area contributed by atoms with Gasteiger partial charge in [0.05, 0.1) is 0 Å². The Labute approximate surface area is 71.4 Å². The topological polar surface area (TPSA) is 87.0 Å². The van der Waals surface area contributed by atoms with Crippen LogP contribution < -0.4 is 0 Å². The van der Waals surface area contributed by atoms with Gasteiger partial charge in [0.2, 0.25) is 0 Å². The monoisotopic (exact) mass is 198 g/mol. The number of aliphatic hydroxyl groups excluding tert-OH is 3. The predicted octanol–water partition coefficient (Wildman–Crippen LogP) is -0.546. The van der Waals surface area contributed by atoms with Crippen LogP contribution in [0.3, 0.4) is 0 Å². The van der Waals surface area contributed by atoms with Gasteiger partial charge in [0.15, 0.2) is 0 Å². The average molecular weight is 198 g/mol. The van der Waals surface area contributed by atoms with Gasteiger partial charge < -0.3 is 0 Å². The van der Waals surface area contributed by atoms with Crippen LogP contribution in [0.1, 0.15) is 13.3 Å². The third-order valence-electron chi connectivity index (χ3n) is 1.48. The molecule has 0 fully saturated rings. The van der Waals surface area contributed by atoms with Crippen LogP contribution in [0.5, 0.6) is 0 Å². The van der Waals surface area contributed by atoms with E-state index in [4.69, 9.17) is 19.8 Å². The van der Waals surface area contributed by atoms with Crippen LogP contribution in [-0.2, 0) is 9.32 Å². The zero-order chi connectivity index (χ0) is 9.61. The van der Waals surface area contributed by atoms with Crippen LogP contribution in [0.15, 0.2) is 0 Å². The number of rotatable bonds is 5.